The summed E-state index contributed by atoms with van der Waals surface area (Å²) in [4.78, 5) is 21.1. The van der Waals surface area contributed by atoms with Crippen molar-refractivity contribution in [2.24, 2.45) is 5.73 Å². The van der Waals surface area contributed by atoms with Gasteiger partial charge in [0.25, 0.3) is 5.91 Å². The highest BCUT2D eigenvalue weighted by Gasteiger charge is 2.32. The number of H-pyrrole nitrogens is 1. The van der Waals surface area contributed by atoms with E-state index in [0.717, 1.165) is 18.7 Å². The van der Waals surface area contributed by atoms with E-state index in [1.54, 1.807) is 6.07 Å². The molecule has 1 saturated carbocycles. The van der Waals surface area contributed by atoms with E-state index >= 15 is 0 Å². The summed E-state index contributed by atoms with van der Waals surface area (Å²) in [7, 11) is 0. The van der Waals surface area contributed by atoms with Crippen LogP contribution in [0.15, 0.2) is 16.6 Å². The molecule has 1 aromatic carbocycles. The summed E-state index contributed by atoms with van der Waals surface area (Å²) in [6.07, 6.45) is 2.12. The van der Waals surface area contributed by atoms with Crippen LogP contribution >= 0.6 is 15.9 Å². The number of carbonyl (C=O) groups excluding carboxylic acids is 1. The second kappa shape index (κ2) is 5.88. The van der Waals surface area contributed by atoms with Gasteiger partial charge in [0.1, 0.15) is 29.7 Å². The Morgan fingerprint density at radius 1 is 1.37 bits per heavy atom. The van der Waals surface area contributed by atoms with Crippen LogP contribution < -0.4 is 10.5 Å². The number of hydrogen-bond acceptors (Lipinski definition) is 5. The highest BCUT2D eigenvalue weighted by atomic mass is 79.9. The van der Waals surface area contributed by atoms with Gasteiger partial charge in [-0.05, 0) is 34.8 Å². The van der Waals surface area contributed by atoms with E-state index in [0.29, 0.717) is 41.1 Å². The Hall–Kier alpha value is -2.75. The molecule has 1 aliphatic carbocycles. The van der Waals surface area contributed by atoms with E-state index in [1.807, 2.05) is 4.57 Å². The van der Waals surface area contributed by atoms with Gasteiger partial charge in [-0.15, -0.1) is 0 Å². The summed E-state index contributed by atoms with van der Waals surface area (Å²) in [5.74, 6) is 1.25. The molecule has 10 heteroatoms. The van der Waals surface area contributed by atoms with Crippen LogP contribution in [0.25, 0.3) is 22.9 Å². The molecular formula is C17H14BrFN6O2. The number of imidazole rings is 1. The minimum absolute atomic E-state index is 0.0943. The van der Waals surface area contributed by atoms with Gasteiger partial charge in [0.15, 0.2) is 17.3 Å². The van der Waals surface area contributed by atoms with Crippen LogP contribution in [0, 0.1) is 5.82 Å². The Balaban J connectivity index is 1.74. The Kier molecular flexibility index (Phi) is 3.58. The number of rotatable bonds is 3. The third-order valence-corrected chi connectivity index (χ3v) is 5.31. The van der Waals surface area contributed by atoms with E-state index in [4.69, 9.17) is 10.5 Å². The molecule has 0 atom stereocenters. The average molecular weight is 433 g/mol. The Labute approximate surface area is 161 Å². The number of aromatic nitrogens is 5. The standard InChI is InChI=1S/C17H14BrFN6O2/c18-9-5-8-11(6-10(9)19)27-4-3-25-13(12(14(20)26)21-17(8)25)16-22-15(23-24-16)7-1-2-7/h5-7H,1-4H2,(H2,20,26)(H,22,23,24). The number of carbonyl (C=O) groups is 1. The SMILES string of the molecule is NC(=O)c1nc2n(c1-c1nc(C3CC3)n[nH]1)CCOc1cc(F)c(Br)cc1-2. The fourth-order valence-corrected chi connectivity index (χ4v) is 3.61. The Bertz CT molecular complexity index is 1090. The highest BCUT2D eigenvalue weighted by Crippen LogP contribution is 2.40. The average Bonchev–Trinajstić information content (AvgIpc) is 3.28. The molecule has 2 aliphatic rings. The molecule has 5 rings (SSSR count). The molecule has 0 unspecified atom stereocenters. The lowest BCUT2D eigenvalue weighted by atomic mass is 10.2. The first kappa shape index (κ1) is 16.4. The third kappa shape index (κ3) is 2.62. The first-order valence-electron chi connectivity index (χ1n) is 8.48. The molecule has 27 heavy (non-hydrogen) atoms. The van der Waals surface area contributed by atoms with E-state index in [9.17, 15) is 9.18 Å². The van der Waals surface area contributed by atoms with Gasteiger partial charge in [-0.1, -0.05) is 0 Å². The summed E-state index contributed by atoms with van der Waals surface area (Å²) in [5.41, 5.74) is 6.71. The van der Waals surface area contributed by atoms with Crippen molar-refractivity contribution >= 4 is 21.8 Å². The van der Waals surface area contributed by atoms with E-state index in [2.05, 4.69) is 36.1 Å². The number of benzene rings is 1. The number of nitrogens with zero attached hydrogens (tertiary/aromatic N) is 4. The predicted molar refractivity (Wildman–Crippen MR) is 96.7 cm³/mol. The van der Waals surface area contributed by atoms with Crippen LogP contribution in [-0.4, -0.2) is 37.2 Å². The zero-order valence-electron chi connectivity index (χ0n) is 14.0. The van der Waals surface area contributed by atoms with Crippen molar-refractivity contribution in [1.82, 2.24) is 24.7 Å². The molecule has 3 N–H and O–H groups in total. The van der Waals surface area contributed by atoms with Crippen molar-refractivity contribution in [1.29, 1.82) is 0 Å². The highest BCUT2D eigenvalue weighted by molar-refractivity contribution is 9.10. The van der Waals surface area contributed by atoms with Crippen LogP contribution in [0.1, 0.15) is 35.1 Å². The molecular weight excluding hydrogens is 419 g/mol. The lowest BCUT2D eigenvalue weighted by Crippen LogP contribution is -2.15. The zero-order chi connectivity index (χ0) is 18.7. The molecule has 1 fully saturated rings. The number of ether oxygens (including phenoxy) is 1. The lowest BCUT2D eigenvalue weighted by molar-refractivity contribution is 0.0996. The summed E-state index contributed by atoms with van der Waals surface area (Å²) in [6, 6.07) is 2.88. The number of hydrogen-bond donors (Lipinski definition) is 2. The second-order valence-corrected chi connectivity index (χ2v) is 7.43. The zero-order valence-corrected chi connectivity index (χ0v) is 15.6. The lowest BCUT2D eigenvalue weighted by Gasteiger charge is -2.07. The van der Waals surface area contributed by atoms with Gasteiger partial charge in [0.05, 0.1) is 16.6 Å². The number of amides is 1. The first-order chi connectivity index (χ1) is 13.0. The van der Waals surface area contributed by atoms with E-state index < -0.39 is 11.7 Å². The predicted octanol–water partition coefficient (Wildman–Crippen LogP) is 2.61. The molecule has 1 aliphatic heterocycles. The number of nitrogens with two attached hydrogens (primary N) is 1. The van der Waals surface area contributed by atoms with E-state index in [1.165, 1.54) is 6.07 Å². The largest absolute Gasteiger partial charge is 0.491 e. The first-order valence-corrected chi connectivity index (χ1v) is 9.27. The van der Waals surface area contributed by atoms with Crippen molar-refractivity contribution < 1.29 is 13.9 Å². The van der Waals surface area contributed by atoms with Gasteiger partial charge in [-0.25, -0.2) is 14.4 Å². The summed E-state index contributed by atoms with van der Waals surface area (Å²) in [6.45, 7) is 0.685. The molecule has 3 heterocycles. The monoisotopic (exact) mass is 432 g/mol. The topological polar surface area (TPSA) is 112 Å². The molecule has 0 spiro atoms. The third-order valence-electron chi connectivity index (χ3n) is 4.71. The fourth-order valence-electron chi connectivity index (χ4n) is 3.26. The number of nitrogens with one attached hydrogen (secondary N) is 1. The van der Waals surface area contributed by atoms with Gasteiger partial charge in [-0.3, -0.25) is 9.89 Å². The van der Waals surface area contributed by atoms with Crippen LogP contribution in [0.3, 0.4) is 0 Å². The number of fused-ring (bicyclic) bond motifs is 3. The molecule has 0 bridgehead atoms. The van der Waals surface area contributed by atoms with Gasteiger partial charge in [-0.2, -0.15) is 5.10 Å². The molecule has 138 valence electrons. The number of halogens is 2. The summed E-state index contributed by atoms with van der Waals surface area (Å²) < 4.78 is 21.7. The normalized spacial score (nSPS) is 15.6. The molecule has 0 saturated heterocycles. The molecule has 3 aromatic rings. The Morgan fingerprint density at radius 3 is 2.93 bits per heavy atom. The van der Waals surface area contributed by atoms with Crippen molar-refractivity contribution in [3.05, 3.63) is 33.9 Å². The van der Waals surface area contributed by atoms with Crippen molar-refractivity contribution in [2.45, 2.75) is 25.3 Å². The quantitative estimate of drug-likeness (QED) is 0.660. The van der Waals surface area contributed by atoms with Crippen molar-refractivity contribution in [3.8, 4) is 28.7 Å². The summed E-state index contributed by atoms with van der Waals surface area (Å²) >= 11 is 3.19. The minimum atomic E-state index is -0.668. The van der Waals surface area contributed by atoms with Gasteiger partial charge in [0.2, 0.25) is 0 Å². The maximum Gasteiger partial charge on any atom is 0.269 e. The summed E-state index contributed by atoms with van der Waals surface area (Å²) in [5, 5.41) is 7.16. The van der Waals surface area contributed by atoms with Crippen LogP contribution in [0.5, 0.6) is 5.75 Å². The van der Waals surface area contributed by atoms with Crippen LogP contribution in [-0.2, 0) is 6.54 Å². The molecule has 0 radical (unpaired) electrons. The second-order valence-electron chi connectivity index (χ2n) is 6.58. The van der Waals surface area contributed by atoms with Crippen LogP contribution in [0.4, 0.5) is 4.39 Å². The van der Waals surface area contributed by atoms with Crippen molar-refractivity contribution in [2.75, 3.05) is 6.61 Å². The maximum absolute atomic E-state index is 13.9. The maximum atomic E-state index is 13.9. The number of primary amides is 1. The minimum Gasteiger partial charge on any atom is -0.491 e. The van der Waals surface area contributed by atoms with Gasteiger partial charge in [0, 0.05) is 12.0 Å². The smallest absolute Gasteiger partial charge is 0.269 e. The molecule has 8 nitrogen and oxygen atoms in total. The number of aromatic amines is 1. The Morgan fingerprint density at radius 2 is 2.19 bits per heavy atom. The van der Waals surface area contributed by atoms with Crippen LogP contribution in [0.2, 0.25) is 0 Å². The van der Waals surface area contributed by atoms with E-state index in [-0.39, 0.29) is 16.8 Å². The fraction of sp³-hybridized carbons (Fsp3) is 0.294. The molecule has 2 aromatic heterocycles. The van der Waals surface area contributed by atoms with Gasteiger partial charge >= 0.3 is 0 Å². The molecule has 1 amide bonds. The van der Waals surface area contributed by atoms with Crippen molar-refractivity contribution in [3.63, 3.8) is 0 Å². The van der Waals surface area contributed by atoms with Gasteiger partial charge < -0.3 is 15.0 Å².